The number of aromatic nitrogens is 4. The molecule has 4 aliphatic heterocycles. The molecule has 0 bridgehead atoms. The number of hydrogen-bond acceptors (Lipinski definition) is 16. The highest BCUT2D eigenvalue weighted by Crippen LogP contribution is 2.52. The Balaban J connectivity index is 0.000000127. The standard InChI is InChI=1S/C30H31NO4.C29H29NO4.C28H25F2NO4.C28H26FNO4/c1-5-14-30(3,4)35-28(29(32)33)24-18(2)17-20-8-6-7-9-21(20)26(24)22-10-11-23-25-19(13-16-34-23)12-15-31-27(22)25;1-5-29(3,4)34-27(28(31)32)23-17(2)16-19-8-6-7-9-20(19)25(23)21-10-11-22-24-18(13-15-33-22)12-14-30-26(21)24;1-16-13-18-5-3-4-6-19(18)24(22(16)26(27(32)33)35-28(2,14-29)15-30)20-7-8-21-23-17(10-12-34-21)9-11-31-25(20)23;1-16-14-18-6-4-5-7-19(18)24(22(16)26(27(31)32)34-28(2,3)15-29)20-8-9-21-23-17(11-13-33-21)10-12-30-25(20)23/h6-12,15,17,28H,5,13-14,16H2,1-4H3,(H,32,33);6-12,14,16,27H,5,13,15H2,1-4H3,(H,31,32);3-9,11,13,26H,10,12,14-15H2,1-2H3,(H,32,33);4-10,12,14,26H,11,13,15H2,1-3H3,(H,31,32)/t28-;27-;2*26-/m0000/s1. The van der Waals surface area contributed by atoms with Crippen molar-refractivity contribution >= 4 is 111 Å². The van der Waals surface area contributed by atoms with E-state index in [1.165, 1.54) is 18.1 Å². The molecule has 0 aliphatic carbocycles. The van der Waals surface area contributed by atoms with Gasteiger partial charge >= 0.3 is 23.9 Å². The van der Waals surface area contributed by atoms with Crippen LogP contribution < -0.4 is 18.9 Å². The van der Waals surface area contributed by atoms with Crippen molar-refractivity contribution in [2.24, 2.45) is 0 Å². The lowest BCUT2D eigenvalue weighted by Crippen LogP contribution is -2.38. The Morgan fingerprint density at radius 3 is 0.841 bits per heavy atom. The fraction of sp³-hybridized carbons (Fsp3) is 0.304. The smallest absolute Gasteiger partial charge is 0.337 e. The predicted octanol–water partition coefficient (Wildman–Crippen LogP) is 26.0. The van der Waals surface area contributed by atoms with Crippen molar-refractivity contribution in [1.29, 1.82) is 0 Å². The first-order valence-electron chi connectivity index (χ1n) is 46.8. The van der Waals surface area contributed by atoms with Crippen LogP contribution in [-0.4, -0.2) is 133 Å². The molecule has 0 saturated carbocycles. The number of pyridine rings is 4. The highest BCUT2D eigenvalue weighted by Gasteiger charge is 2.41. The summed E-state index contributed by atoms with van der Waals surface area (Å²) in [4.78, 5) is 69.3. The van der Waals surface area contributed by atoms with Gasteiger partial charge in [-0.2, -0.15) is 0 Å². The average molecular weight is 1860 g/mol. The van der Waals surface area contributed by atoms with E-state index < -0.39 is 90.7 Å². The highest BCUT2D eigenvalue weighted by molar-refractivity contribution is 6.14. The summed E-state index contributed by atoms with van der Waals surface area (Å²) in [5, 5.41) is 52.6. The van der Waals surface area contributed by atoms with Crippen LogP contribution in [0.2, 0.25) is 0 Å². The zero-order valence-corrected chi connectivity index (χ0v) is 79.6. The Morgan fingerprint density at radius 2 is 0.594 bits per heavy atom. The quantitative estimate of drug-likeness (QED) is 0.0392. The molecule has 138 heavy (non-hydrogen) atoms. The number of carboxylic acids is 4. The number of ether oxygens (including phenoxy) is 8. The van der Waals surface area contributed by atoms with E-state index in [2.05, 4.69) is 36.2 Å². The van der Waals surface area contributed by atoms with E-state index in [0.29, 0.717) is 77.3 Å². The Hall–Kier alpha value is -14.0. The molecule has 0 unspecified atom stereocenters. The molecule has 12 aromatic carbocycles. The van der Waals surface area contributed by atoms with Gasteiger partial charge in [-0.15, -0.1) is 0 Å². The normalized spacial score (nSPS) is 14.2. The number of alkyl halides is 3. The number of hydrogen-bond donors (Lipinski definition) is 4. The number of rotatable bonds is 26. The van der Waals surface area contributed by atoms with Crippen LogP contribution >= 0.6 is 0 Å². The first kappa shape index (κ1) is 95.7. The van der Waals surface area contributed by atoms with Crippen molar-refractivity contribution in [3.8, 4) is 67.5 Å². The lowest BCUT2D eigenvalue weighted by Gasteiger charge is -2.31. The van der Waals surface area contributed by atoms with Crippen LogP contribution in [0.1, 0.15) is 173 Å². The van der Waals surface area contributed by atoms with Crippen molar-refractivity contribution in [3.63, 3.8) is 0 Å². The second-order valence-corrected chi connectivity index (χ2v) is 38.0. The summed E-state index contributed by atoms with van der Waals surface area (Å²) in [6.45, 7) is 23.2. The molecule has 8 heterocycles. The maximum Gasteiger partial charge on any atom is 0.337 e. The second-order valence-electron chi connectivity index (χ2n) is 38.0. The van der Waals surface area contributed by atoms with Gasteiger partial charge in [0.15, 0.2) is 24.4 Å². The summed E-state index contributed by atoms with van der Waals surface area (Å²) < 4.78 is 89.0. The SMILES string of the molecule is CCC(C)(C)O[C@H](C(=O)O)c1c(C)cc2ccccc2c1-c1ccc2c3c(ccnc13)CCO2.CCCC(C)(C)O[C@H](C(=O)O)c1c(C)cc2ccccc2c1-c1ccc2c3c(ccnc13)CCO2.Cc1cc2ccccc2c(-c2ccc3c4c(ccnc24)CCO3)c1[C@H](OC(C)(C)CF)C(=O)O.Cc1cc2ccccc2c(-c2ccc3c4c(ccnc24)CCO3)c1[C@H](OC(C)(CF)CF)C(=O)O. The number of halogens is 3. The molecule has 0 spiro atoms. The van der Waals surface area contributed by atoms with Crippen molar-refractivity contribution < 1.29 is 90.7 Å². The summed E-state index contributed by atoms with van der Waals surface area (Å²) in [7, 11) is 0. The first-order valence-corrected chi connectivity index (χ1v) is 46.8. The van der Waals surface area contributed by atoms with E-state index >= 15 is 0 Å². The summed E-state index contributed by atoms with van der Waals surface area (Å²) in [5.41, 5.74) is 15.2. The fourth-order valence-corrected chi connectivity index (χ4v) is 20.0. The van der Waals surface area contributed by atoms with E-state index in [4.69, 9.17) is 52.8 Å². The van der Waals surface area contributed by atoms with Gasteiger partial charge in [-0.3, -0.25) is 19.9 Å². The van der Waals surface area contributed by atoms with Gasteiger partial charge in [-0.25, -0.2) is 32.3 Å². The van der Waals surface area contributed by atoms with Gasteiger partial charge in [0.2, 0.25) is 0 Å². The number of carbonyl (C=O) groups is 4. The van der Waals surface area contributed by atoms with Gasteiger partial charge < -0.3 is 58.3 Å². The average Bonchev–Trinajstić information content (AvgIpc) is 0.744. The molecule has 0 radical (unpaired) electrons. The molecule has 0 amide bonds. The number of carboxylic acid groups (broad SMARTS) is 4. The van der Waals surface area contributed by atoms with Crippen LogP contribution in [0.3, 0.4) is 0 Å². The third-order valence-electron chi connectivity index (χ3n) is 26.8. The van der Waals surface area contributed by atoms with Crippen molar-refractivity contribution in [2.75, 3.05) is 46.5 Å². The number of nitrogens with zero attached hydrogens (tertiary/aromatic N) is 4. The van der Waals surface area contributed by atoms with Gasteiger partial charge in [-0.05, 0) is 272 Å². The Morgan fingerprint density at radius 1 is 0.341 bits per heavy atom. The van der Waals surface area contributed by atoms with Gasteiger partial charge in [-0.1, -0.05) is 142 Å². The zero-order chi connectivity index (χ0) is 97.6. The largest absolute Gasteiger partial charge is 0.493 e. The molecule has 20 nitrogen and oxygen atoms in total. The highest BCUT2D eigenvalue weighted by atomic mass is 19.1. The van der Waals surface area contributed by atoms with Gasteiger partial charge in [0.1, 0.15) is 48.6 Å². The number of fused-ring (bicyclic) bond motifs is 4. The number of aliphatic carboxylic acids is 4. The topological polar surface area (TPSA) is 275 Å². The van der Waals surface area contributed by atoms with Crippen molar-refractivity contribution in [3.05, 3.63) is 286 Å². The Bertz CT molecular complexity index is 7240. The maximum atomic E-state index is 13.7. The van der Waals surface area contributed by atoms with E-state index in [9.17, 15) is 52.8 Å². The first-order chi connectivity index (χ1) is 66.3. The second kappa shape index (κ2) is 39.3. The molecular weight excluding hydrogens is 1750 g/mol. The molecule has 708 valence electrons. The van der Waals surface area contributed by atoms with E-state index in [1.54, 1.807) is 33.2 Å². The van der Waals surface area contributed by atoms with Crippen molar-refractivity contribution in [2.45, 2.75) is 182 Å². The van der Waals surface area contributed by atoms with Crippen LogP contribution in [0.4, 0.5) is 13.2 Å². The minimum Gasteiger partial charge on any atom is -0.493 e. The fourth-order valence-electron chi connectivity index (χ4n) is 20.0. The van der Waals surface area contributed by atoms with Crippen LogP contribution in [0.25, 0.3) is 131 Å². The van der Waals surface area contributed by atoms with Crippen LogP contribution in [0.5, 0.6) is 23.0 Å². The molecule has 4 aromatic heterocycles. The van der Waals surface area contributed by atoms with Crippen molar-refractivity contribution in [1.82, 2.24) is 19.9 Å². The summed E-state index contributed by atoms with van der Waals surface area (Å²) in [6, 6.07) is 63.2. The lowest BCUT2D eigenvalue weighted by molar-refractivity contribution is -0.168. The van der Waals surface area contributed by atoms with Crippen LogP contribution in [0.15, 0.2) is 219 Å². The molecule has 20 rings (SSSR count). The van der Waals surface area contributed by atoms with E-state index in [1.807, 2.05) is 238 Å². The van der Waals surface area contributed by atoms with Gasteiger partial charge in [0.25, 0.3) is 0 Å². The van der Waals surface area contributed by atoms with Gasteiger partial charge in [0, 0.05) is 117 Å². The van der Waals surface area contributed by atoms with E-state index in [-0.39, 0.29) is 0 Å². The molecule has 4 N–H and O–H groups in total. The monoisotopic (exact) mass is 1860 g/mol. The molecule has 0 fully saturated rings. The lowest BCUT2D eigenvalue weighted by atomic mass is 9.85. The molecular formula is C115H111F3N4O16. The van der Waals surface area contributed by atoms with Crippen LogP contribution in [-0.2, 0) is 63.8 Å². The maximum absolute atomic E-state index is 13.7. The van der Waals surface area contributed by atoms with Gasteiger partial charge in [0.05, 0.1) is 65.3 Å². The number of benzene rings is 12. The summed E-state index contributed by atoms with van der Waals surface area (Å²) >= 11 is 0. The Kier molecular flexibility index (Phi) is 27.2. The summed E-state index contributed by atoms with van der Waals surface area (Å²) in [6.07, 6.45) is 7.54. The predicted molar refractivity (Wildman–Crippen MR) is 534 cm³/mol. The van der Waals surface area contributed by atoms with Crippen LogP contribution in [0, 0.1) is 27.7 Å². The van der Waals surface area contributed by atoms with E-state index in [0.717, 1.165) is 204 Å². The zero-order valence-electron chi connectivity index (χ0n) is 79.6. The Labute approximate surface area is 798 Å². The molecule has 16 aromatic rings. The minimum atomic E-state index is -1.88. The minimum absolute atomic E-state index is 0.351. The third kappa shape index (κ3) is 18.6. The molecule has 4 aliphatic rings. The number of aryl methyl sites for hydroxylation is 4. The molecule has 0 saturated heterocycles. The summed E-state index contributed by atoms with van der Waals surface area (Å²) in [5.74, 6) is -1.33. The third-order valence-corrected chi connectivity index (χ3v) is 26.8. The molecule has 4 atom stereocenters. The molecule has 23 heteroatoms.